The molecule has 0 spiro atoms. The van der Waals surface area contributed by atoms with Gasteiger partial charge in [-0.3, -0.25) is 9.78 Å². The van der Waals surface area contributed by atoms with Crippen LogP contribution in [0.25, 0.3) is 11.4 Å². The molecule has 3 heterocycles. The number of pyridine rings is 1. The Hall–Kier alpha value is -3.22. The van der Waals surface area contributed by atoms with E-state index in [0.717, 1.165) is 36.3 Å². The van der Waals surface area contributed by atoms with Crippen LogP contribution in [-0.2, 0) is 11.2 Å². The summed E-state index contributed by atoms with van der Waals surface area (Å²) in [4.78, 5) is 23.1. The van der Waals surface area contributed by atoms with E-state index in [0.29, 0.717) is 24.6 Å². The predicted octanol–water partition coefficient (Wildman–Crippen LogP) is 3.44. The van der Waals surface area contributed by atoms with Crippen LogP contribution in [0.3, 0.4) is 0 Å². The summed E-state index contributed by atoms with van der Waals surface area (Å²) in [5.74, 6) is 1.90. The Balaban J connectivity index is 1.40. The van der Waals surface area contributed by atoms with Gasteiger partial charge in [0, 0.05) is 37.3 Å². The van der Waals surface area contributed by atoms with Gasteiger partial charge in [0.05, 0.1) is 13.2 Å². The lowest BCUT2D eigenvalue weighted by Gasteiger charge is -2.25. The second kappa shape index (κ2) is 8.21. The number of aryl methyl sites for hydroxylation is 1. The number of carbonyl (C=O) groups excluding carboxylic acids is 1. The summed E-state index contributed by atoms with van der Waals surface area (Å²) in [5.41, 5.74) is 1.96. The predicted molar refractivity (Wildman–Crippen MR) is 103 cm³/mol. The largest absolute Gasteiger partial charge is 0.497 e. The van der Waals surface area contributed by atoms with E-state index in [9.17, 15) is 4.79 Å². The topological polar surface area (TPSA) is 81.4 Å². The van der Waals surface area contributed by atoms with Crippen LogP contribution in [0, 0.1) is 0 Å². The van der Waals surface area contributed by atoms with Gasteiger partial charge in [-0.1, -0.05) is 17.3 Å². The number of aromatic nitrogens is 3. The first-order chi connectivity index (χ1) is 13.7. The smallest absolute Gasteiger partial charge is 0.227 e. The van der Waals surface area contributed by atoms with Crippen LogP contribution in [0.1, 0.15) is 36.8 Å². The molecule has 7 heteroatoms. The SMILES string of the molecule is COc1cccc(C2CCCN2C(=O)CCc2nc(-c3ccncc3)no2)c1. The van der Waals surface area contributed by atoms with Crippen molar-refractivity contribution in [2.45, 2.75) is 31.7 Å². The minimum absolute atomic E-state index is 0.0951. The molecule has 0 N–H and O–H groups in total. The molecule has 144 valence electrons. The Morgan fingerprint density at radius 1 is 1.29 bits per heavy atom. The van der Waals surface area contributed by atoms with Crippen molar-refractivity contribution in [2.75, 3.05) is 13.7 Å². The molecular weight excluding hydrogens is 356 g/mol. The molecule has 1 unspecified atom stereocenters. The van der Waals surface area contributed by atoms with Gasteiger partial charge in [-0.25, -0.2) is 0 Å². The lowest BCUT2D eigenvalue weighted by atomic mass is 10.0. The lowest BCUT2D eigenvalue weighted by Crippen LogP contribution is -2.30. The molecule has 7 nitrogen and oxygen atoms in total. The van der Waals surface area contributed by atoms with E-state index in [2.05, 4.69) is 21.2 Å². The minimum Gasteiger partial charge on any atom is -0.497 e. The van der Waals surface area contributed by atoms with Crippen LogP contribution in [0.5, 0.6) is 5.75 Å². The van der Waals surface area contributed by atoms with E-state index < -0.39 is 0 Å². The zero-order valence-electron chi connectivity index (χ0n) is 15.7. The van der Waals surface area contributed by atoms with Crippen molar-refractivity contribution in [1.29, 1.82) is 0 Å². The van der Waals surface area contributed by atoms with Crippen molar-refractivity contribution >= 4 is 5.91 Å². The van der Waals surface area contributed by atoms with Gasteiger partial charge in [0.25, 0.3) is 0 Å². The molecule has 3 aromatic rings. The highest BCUT2D eigenvalue weighted by atomic mass is 16.5. The molecule has 0 saturated carbocycles. The van der Waals surface area contributed by atoms with Crippen molar-refractivity contribution < 1.29 is 14.1 Å². The van der Waals surface area contributed by atoms with E-state index in [1.807, 2.05) is 35.2 Å². The van der Waals surface area contributed by atoms with Gasteiger partial charge in [-0.15, -0.1) is 0 Å². The maximum atomic E-state index is 12.8. The Morgan fingerprint density at radius 3 is 2.96 bits per heavy atom. The van der Waals surface area contributed by atoms with E-state index in [1.54, 1.807) is 19.5 Å². The monoisotopic (exact) mass is 378 g/mol. The van der Waals surface area contributed by atoms with Crippen molar-refractivity contribution in [3.8, 4) is 17.1 Å². The van der Waals surface area contributed by atoms with Gasteiger partial charge in [0.1, 0.15) is 5.75 Å². The molecule has 1 aliphatic heterocycles. The molecule has 28 heavy (non-hydrogen) atoms. The second-order valence-corrected chi connectivity index (χ2v) is 6.77. The number of hydrogen-bond acceptors (Lipinski definition) is 6. The average molecular weight is 378 g/mol. The summed E-state index contributed by atoms with van der Waals surface area (Å²) >= 11 is 0. The first-order valence-electron chi connectivity index (χ1n) is 9.41. The molecule has 1 saturated heterocycles. The minimum atomic E-state index is 0.0951. The van der Waals surface area contributed by atoms with Crippen LogP contribution in [-0.4, -0.2) is 39.6 Å². The fourth-order valence-corrected chi connectivity index (χ4v) is 3.59. The van der Waals surface area contributed by atoms with Crippen molar-refractivity contribution in [3.05, 3.63) is 60.2 Å². The summed E-state index contributed by atoms with van der Waals surface area (Å²) in [6.45, 7) is 0.771. The standard InChI is InChI=1S/C21H22N4O3/c1-27-17-5-2-4-16(14-17)18-6-3-13-25(18)20(26)8-7-19-23-21(24-28-19)15-9-11-22-12-10-15/h2,4-5,9-12,14,18H,3,6-8,13H2,1H3. The Kier molecular flexibility index (Phi) is 5.32. The van der Waals surface area contributed by atoms with E-state index in [1.165, 1.54) is 0 Å². The normalized spacial score (nSPS) is 16.3. The summed E-state index contributed by atoms with van der Waals surface area (Å²) in [6, 6.07) is 11.7. The third kappa shape index (κ3) is 3.88. The van der Waals surface area contributed by atoms with Crippen molar-refractivity contribution in [2.24, 2.45) is 0 Å². The molecule has 1 aliphatic rings. The molecule has 0 aliphatic carbocycles. The van der Waals surface area contributed by atoms with Gasteiger partial charge in [-0.2, -0.15) is 4.98 Å². The number of likely N-dealkylation sites (tertiary alicyclic amines) is 1. The number of amides is 1. The number of rotatable bonds is 6. The molecule has 1 amide bonds. The third-order valence-corrected chi connectivity index (χ3v) is 5.01. The van der Waals surface area contributed by atoms with Crippen LogP contribution in [0.4, 0.5) is 0 Å². The molecule has 1 atom stereocenters. The van der Waals surface area contributed by atoms with Crippen LogP contribution in [0.15, 0.2) is 53.3 Å². The Labute approximate surface area is 163 Å². The summed E-state index contributed by atoms with van der Waals surface area (Å²) in [6.07, 6.45) is 6.10. The average Bonchev–Trinajstić information content (AvgIpc) is 3.42. The molecule has 0 radical (unpaired) electrons. The highest BCUT2D eigenvalue weighted by Gasteiger charge is 2.30. The Bertz CT molecular complexity index is 942. The summed E-state index contributed by atoms with van der Waals surface area (Å²) < 4.78 is 10.6. The van der Waals surface area contributed by atoms with Gasteiger partial charge in [0.15, 0.2) is 0 Å². The first kappa shape index (κ1) is 18.2. The zero-order valence-corrected chi connectivity index (χ0v) is 15.7. The van der Waals surface area contributed by atoms with Gasteiger partial charge >= 0.3 is 0 Å². The molecule has 0 bridgehead atoms. The van der Waals surface area contributed by atoms with E-state index in [-0.39, 0.29) is 11.9 Å². The van der Waals surface area contributed by atoms with Crippen LogP contribution >= 0.6 is 0 Å². The van der Waals surface area contributed by atoms with Crippen LogP contribution < -0.4 is 4.74 Å². The number of carbonyl (C=O) groups is 1. The first-order valence-corrected chi connectivity index (χ1v) is 9.41. The fraction of sp³-hybridized carbons (Fsp3) is 0.333. The lowest BCUT2D eigenvalue weighted by molar-refractivity contribution is -0.132. The molecule has 2 aromatic heterocycles. The molecule has 4 rings (SSSR count). The molecular formula is C21H22N4O3. The maximum absolute atomic E-state index is 12.8. The quantitative estimate of drug-likeness (QED) is 0.654. The van der Waals surface area contributed by atoms with Gasteiger partial charge in [-0.05, 0) is 42.7 Å². The molecule has 1 fully saturated rings. The Morgan fingerprint density at radius 2 is 2.14 bits per heavy atom. The number of benzene rings is 1. The van der Waals surface area contributed by atoms with Crippen LogP contribution in [0.2, 0.25) is 0 Å². The van der Waals surface area contributed by atoms with Gasteiger partial charge in [0.2, 0.25) is 17.6 Å². The summed E-state index contributed by atoms with van der Waals surface area (Å²) in [5, 5.41) is 3.99. The van der Waals surface area contributed by atoms with E-state index >= 15 is 0 Å². The number of hydrogen-bond donors (Lipinski definition) is 0. The maximum Gasteiger partial charge on any atom is 0.227 e. The van der Waals surface area contributed by atoms with E-state index in [4.69, 9.17) is 9.26 Å². The van der Waals surface area contributed by atoms with Crippen molar-refractivity contribution in [1.82, 2.24) is 20.0 Å². The zero-order chi connectivity index (χ0) is 19.3. The fourth-order valence-electron chi connectivity index (χ4n) is 3.59. The number of ether oxygens (including phenoxy) is 1. The van der Waals surface area contributed by atoms with Gasteiger partial charge < -0.3 is 14.2 Å². The highest BCUT2D eigenvalue weighted by molar-refractivity contribution is 5.77. The number of methoxy groups -OCH3 is 1. The third-order valence-electron chi connectivity index (χ3n) is 5.01. The molecule has 1 aromatic carbocycles. The highest BCUT2D eigenvalue weighted by Crippen LogP contribution is 2.34. The number of nitrogens with zero attached hydrogens (tertiary/aromatic N) is 4. The van der Waals surface area contributed by atoms with Crippen molar-refractivity contribution in [3.63, 3.8) is 0 Å². The summed E-state index contributed by atoms with van der Waals surface area (Å²) in [7, 11) is 1.65. The second-order valence-electron chi connectivity index (χ2n) is 6.77.